The van der Waals surface area contributed by atoms with E-state index in [-0.39, 0.29) is 5.56 Å². The van der Waals surface area contributed by atoms with Crippen LogP contribution in [0, 0.1) is 0 Å². The van der Waals surface area contributed by atoms with Gasteiger partial charge in [0.05, 0.1) is 10.9 Å². The molecule has 0 bridgehead atoms. The van der Waals surface area contributed by atoms with E-state index >= 15 is 0 Å². The van der Waals surface area contributed by atoms with Crippen LogP contribution in [-0.4, -0.2) is 26.2 Å². The first-order valence-electron chi connectivity index (χ1n) is 12.0. The lowest BCUT2D eigenvalue weighted by Gasteiger charge is -2.54. The maximum Gasteiger partial charge on any atom is 0.408 e. The van der Waals surface area contributed by atoms with Gasteiger partial charge in [0.1, 0.15) is 11.3 Å². The molecule has 2 aromatic heterocycles. The summed E-state index contributed by atoms with van der Waals surface area (Å²) in [6, 6.07) is 19.6. The standard InChI is InChI=1S/C29H30N2O4/c1-28(2,3)31(27(33)34)29(16-8-17-29)21-13-11-20(12-14-21)25-23(19-9-6-5-7-10-19)24-22(35-25)15-18-30(4)26(24)32/h5-7,9-15,18H,8,16-17H2,1-4H3,(H,33,34). The van der Waals surface area contributed by atoms with Crippen LogP contribution in [-0.2, 0) is 12.6 Å². The van der Waals surface area contributed by atoms with Gasteiger partial charge in [0.25, 0.3) is 5.56 Å². The third-order valence-electron chi connectivity index (χ3n) is 7.14. The van der Waals surface area contributed by atoms with Gasteiger partial charge in [-0.05, 0) is 57.2 Å². The Bertz CT molecular complexity index is 1450. The van der Waals surface area contributed by atoms with Crippen molar-refractivity contribution in [2.24, 2.45) is 7.05 Å². The number of amides is 1. The number of pyridine rings is 1. The largest absolute Gasteiger partial charge is 0.465 e. The quantitative estimate of drug-likeness (QED) is 0.363. The molecule has 2 heterocycles. The van der Waals surface area contributed by atoms with Crippen LogP contribution in [0.5, 0.6) is 0 Å². The summed E-state index contributed by atoms with van der Waals surface area (Å²) in [6.07, 6.45) is 3.40. The number of rotatable bonds is 4. The van der Waals surface area contributed by atoms with Gasteiger partial charge in [0.15, 0.2) is 0 Å². The third kappa shape index (κ3) is 3.64. The lowest BCUT2D eigenvalue weighted by Crippen LogP contribution is -2.60. The van der Waals surface area contributed by atoms with Gasteiger partial charge >= 0.3 is 6.09 Å². The topological polar surface area (TPSA) is 75.7 Å². The van der Waals surface area contributed by atoms with Crippen molar-refractivity contribution in [3.8, 4) is 22.5 Å². The van der Waals surface area contributed by atoms with Crippen molar-refractivity contribution in [1.29, 1.82) is 0 Å². The second-order valence-electron chi connectivity index (χ2n) is 10.4. The normalized spacial score (nSPS) is 15.1. The molecular weight excluding hydrogens is 440 g/mol. The van der Waals surface area contributed by atoms with E-state index < -0.39 is 17.2 Å². The number of hydrogen-bond acceptors (Lipinski definition) is 3. The average Bonchev–Trinajstić information content (AvgIpc) is 3.18. The molecule has 1 aliphatic rings. The Morgan fingerprint density at radius 3 is 2.20 bits per heavy atom. The Kier molecular flexibility index (Phi) is 5.35. The predicted octanol–water partition coefficient (Wildman–Crippen LogP) is 6.62. The number of benzene rings is 2. The molecule has 0 saturated heterocycles. The van der Waals surface area contributed by atoms with Crippen molar-refractivity contribution >= 4 is 17.1 Å². The zero-order valence-electron chi connectivity index (χ0n) is 20.5. The van der Waals surface area contributed by atoms with Crippen LogP contribution in [0.15, 0.2) is 76.1 Å². The molecule has 1 fully saturated rings. The lowest BCUT2D eigenvalue weighted by atomic mass is 9.69. The SMILES string of the molecule is Cn1ccc2oc(-c3ccc(C4(N(C(=O)O)C(C)(C)C)CCC4)cc3)c(-c3ccccc3)c2c1=O. The number of carbonyl (C=O) groups is 1. The highest BCUT2D eigenvalue weighted by atomic mass is 16.4. The summed E-state index contributed by atoms with van der Waals surface area (Å²) in [6.45, 7) is 5.82. The van der Waals surface area contributed by atoms with Gasteiger partial charge in [0.2, 0.25) is 0 Å². The average molecular weight is 471 g/mol. The zero-order chi connectivity index (χ0) is 25.0. The van der Waals surface area contributed by atoms with Crippen molar-refractivity contribution in [2.45, 2.75) is 51.1 Å². The van der Waals surface area contributed by atoms with Crippen molar-refractivity contribution in [2.75, 3.05) is 0 Å². The smallest absolute Gasteiger partial charge is 0.408 e. The van der Waals surface area contributed by atoms with Crippen molar-refractivity contribution < 1.29 is 14.3 Å². The fourth-order valence-corrected chi connectivity index (χ4v) is 5.48. The number of furan rings is 1. The molecule has 0 spiro atoms. The molecule has 6 heteroatoms. The third-order valence-corrected chi connectivity index (χ3v) is 7.14. The second-order valence-corrected chi connectivity index (χ2v) is 10.4. The Morgan fingerprint density at radius 2 is 1.66 bits per heavy atom. The van der Waals surface area contributed by atoms with E-state index in [4.69, 9.17) is 4.42 Å². The number of hydrogen-bond donors (Lipinski definition) is 1. The highest BCUT2D eigenvalue weighted by molar-refractivity contribution is 6.01. The molecule has 5 rings (SSSR count). The first-order chi connectivity index (χ1) is 16.6. The Balaban J connectivity index is 1.66. The molecule has 0 unspecified atom stereocenters. The van der Waals surface area contributed by atoms with Crippen LogP contribution in [0.3, 0.4) is 0 Å². The van der Waals surface area contributed by atoms with E-state index in [9.17, 15) is 14.7 Å². The maximum absolute atomic E-state index is 13.1. The highest BCUT2D eigenvalue weighted by Gasteiger charge is 2.50. The fraction of sp³-hybridized carbons (Fsp3) is 0.310. The first-order valence-corrected chi connectivity index (χ1v) is 12.0. The van der Waals surface area contributed by atoms with Gasteiger partial charge in [0, 0.05) is 29.9 Å². The molecular formula is C29H30N2O4. The Hall–Kier alpha value is -3.80. The fourth-order valence-electron chi connectivity index (χ4n) is 5.48. The van der Waals surface area contributed by atoms with Crippen LogP contribution in [0.25, 0.3) is 33.4 Å². The first kappa shape index (κ1) is 23.0. The van der Waals surface area contributed by atoms with Crippen LogP contribution < -0.4 is 5.56 Å². The second kappa shape index (κ2) is 8.15. The molecule has 2 aromatic carbocycles. The van der Waals surface area contributed by atoms with E-state index in [2.05, 4.69) is 0 Å². The summed E-state index contributed by atoms with van der Waals surface area (Å²) in [5.74, 6) is 0.634. The molecule has 6 nitrogen and oxygen atoms in total. The van der Waals surface area contributed by atoms with Crippen molar-refractivity contribution in [3.63, 3.8) is 0 Å². The lowest BCUT2D eigenvalue weighted by molar-refractivity contribution is -0.0328. The monoisotopic (exact) mass is 470 g/mol. The van der Waals surface area contributed by atoms with Crippen LogP contribution >= 0.6 is 0 Å². The summed E-state index contributed by atoms with van der Waals surface area (Å²) < 4.78 is 7.82. The van der Waals surface area contributed by atoms with E-state index in [1.165, 1.54) is 0 Å². The molecule has 4 aromatic rings. The Labute approximate surface area is 204 Å². The molecule has 1 saturated carbocycles. The van der Waals surface area contributed by atoms with Gasteiger partial charge < -0.3 is 14.1 Å². The summed E-state index contributed by atoms with van der Waals surface area (Å²) in [5, 5.41) is 10.6. The van der Waals surface area contributed by atoms with Gasteiger partial charge in [-0.2, -0.15) is 0 Å². The summed E-state index contributed by atoms with van der Waals surface area (Å²) in [7, 11) is 1.74. The van der Waals surface area contributed by atoms with Crippen LogP contribution in [0.1, 0.15) is 45.6 Å². The summed E-state index contributed by atoms with van der Waals surface area (Å²) in [5.41, 5.74) is 2.90. The Morgan fingerprint density at radius 1 is 1.00 bits per heavy atom. The molecule has 1 aliphatic carbocycles. The molecule has 1 amide bonds. The molecule has 0 aliphatic heterocycles. The van der Waals surface area contributed by atoms with E-state index in [0.29, 0.717) is 16.7 Å². The number of carboxylic acid groups (broad SMARTS) is 1. The summed E-state index contributed by atoms with van der Waals surface area (Å²) in [4.78, 5) is 27.0. The van der Waals surface area contributed by atoms with Gasteiger partial charge in [-0.3, -0.25) is 9.69 Å². The van der Waals surface area contributed by atoms with Crippen molar-refractivity contribution in [1.82, 2.24) is 9.47 Å². The highest BCUT2D eigenvalue weighted by Crippen LogP contribution is 2.50. The minimum Gasteiger partial charge on any atom is -0.465 e. The number of nitrogens with zero attached hydrogens (tertiary/aromatic N) is 2. The predicted molar refractivity (Wildman–Crippen MR) is 137 cm³/mol. The van der Waals surface area contributed by atoms with E-state index in [1.807, 2.05) is 81.4 Å². The van der Waals surface area contributed by atoms with Crippen LogP contribution in [0.2, 0.25) is 0 Å². The van der Waals surface area contributed by atoms with E-state index in [1.54, 1.807) is 22.7 Å². The molecule has 1 N–H and O–H groups in total. The van der Waals surface area contributed by atoms with E-state index in [0.717, 1.165) is 41.5 Å². The number of aromatic nitrogens is 1. The van der Waals surface area contributed by atoms with Gasteiger partial charge in [-0.15, -0.1) is 0 Å². The van der Waals surface area contributed by atoms with Crippen molar-refractivity contribution in [3.05, 3.63) is 82.8 Å². The molecule has 180 valence electrons. The number of fused-ring (bicyclic) bond motifs is 1. The summed E-state index contributed by atoms with van der Waals surface area (Å²) >= 11 is 0. The van der Waals surface area contributed by atoms with Gasteiger partial charge in [-0.1, -0.05) is 54.6 Å². The number of aryl methyl sites for hydroxylation is 1. The zero-order valence-corrected chi connectivity index (χ0v) is 20.5. The maximum atomic E-state index is 13.1. The minimum absolute atomic E-state index is 0.108. The van der Waals surface area contributed by atoms with Gasteiger partial charge in [-0.25, -0.2) is 4.79 Å². The van der Waals surface area contributed by atoms with Crippen LogP contribution in [0.4, 0.5) is 4.79 Å². The molecule has 0 radical (unpaired) electrons. The minimum atomic E-state index is -0.902. The molecule has 35 heavy (non-hydrogen) atoms. The molecule has 0 atom stereocenters.